The number of ether oxygens (including phenoxy) is 2. The molecular formula is C13H14ClNO5. The summed E-state index contributed by atoms with van der Waals surface area (Å²) in [6, 6.07) is 4.13. The van der Waals surface area contributed by atoms with Gasteiger partial charge in [0, 0.05) is 17.6 Å². The summed E-state index contributed by atoms with van der Waals surface area (Å²) in [5, 5.41) is 9.61. The van der Waals surface area contributed by atoms with Crippen LogP contribution in [-0.4, -0.2) is 48.8 Å². The number of hydrogen-bond acceptors (Lipinski definition) is 4. The molecule has 1 fully saturated rings. The topological polar surface area (TPSA) is 76.1 Å². The second-order valence-electron chi connectivity index (χ2n) is 4.38. The van der Waals surface area contributed by atoms with Gasteiger partial charge in [0.1, 0.15) is 12.4 Å². The first-order chi connectivity index (χ1) is 9.47. The van der Waals surface area contributed by atoms with Crippen LogP contribution in [0.5, 0.6) is 5.75 Å². The molecule has 0 spiro atoms. The Bertz CT molecular complexity index is 548. The molecule has 2 rings (SSSR count). The Hall–Kier alpha value is -1.79. The van der Waals surface area contributed by atoms with Gasteiger partial charge in [-0.2, -0.15) is 0 Å². The monoisotopic (exact) mass is 299 g/mol. The summed E-state index contributed by atoms with van der Waals surface area (Å²) < 4.78 is 10.4. The van der Waals surface area contributed by atoms with E-state index in [2.05, 4.69) is 0 Å². The normalized spacial score (nSPS) is 22.8. The summed E-state index contributed by atoms with van der Waals surface area (Å²) in [5.74, 6) is -1.05. The van der Waals surface area contributed by atoms with Gasteiger partial charge in [-0.1, -0.05) is 17.7 Å². The summed E-state index contributed by atoms with van der Waals surface area (Å²) in [6.07, 6.45) is -1.19. The van der Waals surface area contributed by atoms with E-state index in [4.69, 9.17) is 21.1 Å². The maximum absolute atomic E-state index is 11.8. The van der Waals surface area contributed by atoms with Crippen molar-refractivity contribution in [3.63, 3.8) is 0 Å². The molecule has 1 saturated heterocycles. The number of hydrogen-bond donors (Lipinski definition) is 1. The maximum atomic E-state index is 11.8. The molecule has 20 heavy (non-hydrogen) atoms. The van der Waals surface area contributed by atoms with E-state index in [1.165, 1.54) is 19.1 Å². The second kappa shape index (κ2) is 5.68. The minimum atomic E-state index is -1.19. The first-order valence-electron chi connectivity index (χ1n) is 5.89. The van der Waals surface area contributed by atoms with Crippen LogP contribution in [0.15, 0.2) is 18.2 Å². The molecule has 0 aliphatic carbocycles. The molecular weight excluding hydrogens is 286 g/mol. The number of carbonyl (C=O) groups excluding carboxylic acids is 1. The number of carboxylic acids is 1. The standard InChI is InChI=1S/C13H14ClNO5/c1-15-9(16)6-20-12(13(17)18)11(15)10-7(14)4-3-5-8(10)19-2/h3-5,11-12H,6H2,1-2H3,(H,17,18). The Morgan fingerprint density at radius 1 is 1.55 bits per heavy atom. The van der Waals surface area contributed by atoms with E-state index < -0.39 is 18.1 Å². The highest BCUT2D eigenvalue weighted by molar-refractivity contribution is 6.31. The molecule has 7 heteroatoms. The van der Waals surface area contributed by atoms with Gasteiger partial charge in [-0.3, -0.25) is 4.79 Å². The minimum Gasteiger partial charge on any atom is -0.496 e. The fourth-order valence-corrected chi connectivity index (χ4v) is 2.52. The summed E-state index contributed by atoms with van der Waals surface area (Å²) in [7, 11) is 2.98. The zero-order chi connectivity index (χ0) is 14.9. The highest BCUT2D eigenvalue weighted by Gasteiger charge is 2.42. The quantitative estimate of drug-likeness (QED) is 0.911. The van der Waals surface area contributed by atoms with E-state index >= 15 is 0 Å². The average molecular weight is 300 g/mol. The number of rotatable bonds is 3. The van der Waals surface area contributed by atoms with Crippen molar-refractivity contribution in [1.29, 1.82) is 0 Å². The predicted molar refractivity (Wildman–Crippen MR) is 70.9 cm³/mol. The van der Waals surface area contributed by atoms with Gasteiger partial charge in [-0.25, -0.2) is 4.79 Å². The Morgan fingerprint density at radius 3 is 2.85 bits per heavy atom. The molecule has 1 heterocycles. The summed E-state index contributed by atoms with van der Waals surface area (Å²) >= 11 is 6.16. The highest BCUT2D eigenvalue weighted by Crippen LogP contribution is 2.39. The lowest BCUT2D eigenvalue weighted by Gasteiger charge is -2.37. The lowest BCUT2D eigenvalue weighted by Crippen LogP contribution is -2.50. The summed E-state index contributed by atoms with van der Waals surface area (Å²) in [5.41, 5.74) is 0.430. The minimum absolute atomic E-state index is 0.267. The molecule has 0 radical (unpaired) electrons. The third kappa shape index (κ3) is 2.44. The SMILES string of the molecule is COc1cccc(Cl)c1C1C(C(=O)O)OCC(=O)N1C. The first kappa shape index (κ1) is 14.6. The molecule has 1 aromatic rings. The Morgan fingerprint density at radius 2 is 2.25 bits per heavy atom. The van der Waals surface area contributed by atoms with E-state index in [9.17, 15) is 14.7 Å². The molecule has 1 aromatic carbocycles. The van der Waals surface area contributed by atoms with Crippen LogP contribution >= 0.6 is 11.6 Å². The van der Waals surface area contributed by atoms with Crippen molar-refractivity contribution in [2.75, 3.05) is 20.8 Å². The van der Waals surface area contributed by atoms with Gasteiger partial charge in [0.2, 0.25) is 5.91 Å². The maximum Gasteiger partial charge on any atom is 0.335 e. The van der Waals surface area contributed by atoms with Crippen molar-refractivity contribution < 1.29 is 24.2 Å². The number of carboxylic acid groups (broad SMARTS) is 1. The van der Waals surface area contributed by atoms with Crippen molar-refractivity contribution in [2.24, 2.45) is 0 Å². The third-order valence-corrected chi connectivity index (χ3v) is 3.59. The van der Waals surface area contributed by atoms with Crippen molar-refractivity contribution >= 4 is 23.5 Å². The molecule has 108 valence electrons. The lowest BCUT2D eigenvalue weighted by atomic mass is 9.97. The predicted octanol–water partition coefficient (Wildman–Crippen LogP) is 1.33. The molecule has 0 aromatic heterocycles. The van der Waals surface area contributed by atoms with E-state index in [-0.39, 0.29) is 12.5 Å². The van der Waals surface area contributed by atoms with Crippen LogP contribution in [0, 0.1) is 0 Å². The van der Waals surface area contributed by atoms with Gasteiger partial charge in [-0.15, -0.1) is 0 Å². The number of halogens is 1. The number of morpholine rings is 1. The van der Waals surface area contributed by atoms with Gasteiger partial charge in [0.25, 0.3) is 0 Å². The molecule has 6 nitrogen and oxygen atoms in total. The number of carbonyl (C=O) groups is 2. The molecule has 1 amide bonds. The van der Waals surface area contributed by atoms with Crippen LogP contribution in [0.2, 0.25) is 5.02 Å². The summed E-state index contributed by atoms with van der Waals surface area (Å²) in [4.78, 5) is 24.5. The van der Waals surface area contributed by atoms with Crippen LogP contribution in [0.4, 0.5) is 0 Å². The van der Waals surface area contributed by atoms with Crippen LogP contribution < -0.4 is 4.74 Å². The Kier molecular flexibility index (Phi) is 4.15. The first-order valence-corrected chi connectivity index (χ1v) is 6.27. The largest absolute Gasteiger partial charge is 0.496 e. The van der Waals surface area contributed by atoms with Crippen LogP contribution in [0.3, 0.4) is 0 Å². The van der Waals surface area contributed by atoms with Crippen molar-refractivity contribution in [2.45, 2.75) is 12.1 Å². The smallest absolute Gasteiger partial charge is 0.335 e. The zero-order valence-electron chi connectivity index (χ0n) is 11.0. The molecule has 0 bridgehead atoms. The van der Waals surface area contributed by atoms with E-state index in [1.807, 2.05) is 0 Å². The lowest BCUT2D eigenvalue weighted by molar-refractivity contribution is -0.171. The number of benzene rings is 1. The van der Waals surface area contributed by atoms with E-state index in [1.54, 1.807) is 18.2 Å². The summed E-state index contributed by atoms with van der Waals surface area (Å²) in [6.45, 7) is -0.267. The molecule has 1 N–H and O–H groups in total. The number of methoxy groups -OCH3 is 1. The van der Waals surface area contributed by atoms with Crippen LogP contribution in [0.25, 0.3) is 0 Å². The van der Waals surface area contributed by atoms with E-state index in [0.29, 0.717) is 16.3 Å². The van der Waals surface area contributed by atoms with Crippen LogP contribution in [-0.2, 0) is 14.3 Å². The van der Waals surface area contributed by atoms with Gasteiger partial charge in [-0.05, 0) is 12.1 Å². The zero-order valence-corrected chi connectivity index (χ0v) is 11.8. The molecule has 2 atom stereocenters. The van der Waals surface area contributed by atoms with Gasteiger partial charge in [0.05, 0.1) is 13.2 Å². The van der Waals surface area contributed by atoms with Gasteiger partial charge in [0.15, 0.2) is 6.10 Å². The highest BCUT2D eigenvalue weighted by atomic mass is 35.5. The fourth-order valence-electron chi connectivity index (χ4n) is 2.25. The molecule has 1 aliphatic heterocycles. The number of nitrogens with zero attached hydrogens (tertiary/aromatic N) is 1. The van der Waals surface area contributed by atoms with Crippen molar-refractivity contribution in [3.8, 4) is 5.75 Å². The van der Waals surface area contributed by atoms with Crippen LogP contribution in [0.1, 0.15) is 11.6 Å². The molecule has 0 saturated carbocycles. The van der Waals surface area contributed by atoms with Crippen molar-refractivity contribution in [3.05, 3.63) is 28.8 Å². The second-order valence-corrected chi connectivity index (χ2v) is 4.78. The molecule has 1 aliphatic rings. The number of aliphatic carboxylic acids is 1. The number of likely N-dealkylation sites (N-methyl/N-ethyl adjacent to an activating group) is 1. The van der Waals surface area contributed by atoms with Crippen molar-refractivity contribution in [1.82, 2.24) is 4.90 Å². The third-order valence-electron chi connectivity index (χ3n) is 3.26. The van der Waals surface area contributed by atoms with E-state index in [0.717, 1.165) is 0 Å². The Labute approximate surface area is 120 Å². The fraction of sp³-hybridized carbons (Fsp3) is 0.385. The average Bonchev–Trinajstić information content (AvgIpc) is 2.41. The number of amides is 1. The van der Waals surface area contributed by atoms with Gasteiger partial charge >= 0.3 is 5.97 Å². The molecule has 2 unspecified atom stereocenters. The Balaban J connectivity index is 2.55. The van der Waals surface area contributed by atoms with Gasteiger partial charge < -0.3 is 19.5 Å².